The molecular weight excluding hydrogens is 374 g/mol. The number of nitrogens with one attached hydrogen (secondary N) is 1. The average Bonchev–Trinajstić information content (AvgIpc) is 2.57. The van der Waals surface area contributed by atoms with Crippen LogP contribution in [0.15, 0.2) is 58.1 Å². The molecule has 1 saturated heterocycles. The molecule has 120 valence electrons. The van der Waals surface area contributed by atoms with Gasteiger partial charge in [0.1, 0.15) is 6.54 Å². The van der Waals surface area contributed by atoms with Gasteiger partial charge in [-0.15, -0.1) is 0 Å². The molecule has 23 heavy (non-hydrogen) atoms. The molecule has 0 saturated carbocycles. The Bertz CT molecular complexity index is 681. The normalized spacial score (nSPS) is 16.2. The largest absolute Gasteiger partial charge is 0.328 e. The molecule has 1 heterocycles. The summed E-state index contributed by atoms with van der Waals surface area (Å²) in [5.41, 5.74) is 2.34. The van der Waals surface area contributed by atoms with Crippen molar-refractivity contribution in [2.45, 2.75) is 6.54 Å². The Kier molecular flexibility index (Phi) is 5.70. The Morgan fingerprint density at radius 2 is 1.78 bits per heavy atom. The van der Waals surface area contributed by atoms with Crippen molar-refractivity contribution in [1.29, 1.82) is 0 Å². The van der Waals surface area contributed by atoms with Gasteiger partial charge in [0, 0.05) is 20.6 Å². The minimum Gasteiger partial charge on any atom is -0.328 e. The summed E-state index contributed by atoms with van der Waals surface area (Å²) in [5, 5.41) is 7.63. The Morgan fingerprint density at radius 1 is 1.09 bits per heavy atom. The molecule has 0 amide bonds. The standard InChI is InChI=1S/C18H19BrClN3/c19-17-7-3-1-5-15(17)13-21-23-11-9-22(10-12-23)14-16-6-2-4-8-18(16)20/h1-8,13H,9-12,14H2/p+1/b21-13-. The molecule has 1 aliphatic heterocycles. The third-order valence-corrected chi connectivity index (χ3v) is 5.20. The van der Waals surface area contributed by atoms with Gasteiger partial charge in [-0.2, -0.15) is 5.10 Å². The van der Waals surface area contributed by atoms with E-state index in [-0.39, 0.29) is 0 Å². The van der Waals surface area contributed by atoms with Gasteiger partial charge in [0.25, 0.3) is 0 Å². The fourth-order valence-electron chi connectivity index (χ4n) is 2.74. The van der Waals surface area contributed by atoms with E-state index in [4.69, 9.17) is 11.6 Å². The molecule has 5 heteroatoms. The average molecular weight is 394 g/mol. The van der Waals surface area contributed by atoms with Gasteiger partial charge >= 0.3 is 0 Å². The Balaban J connectivity index is 1.53. The summed E-state index contributed by atoms with van der Waals surface area (Å²) >= 11 is 9.80. The van der Waals surface area contributed by atoms with Crippen molar-refractivity contribution >= 4 is 33.7 Å². The Labute approximate surface area is 150 Å². The van der Waals surface area contributed by atoms with E-state index in [9.17, 15) is 0 Å². The van der Waals surface area contributed by atoms with Crippen LogP contribution in [-0.2, 0) is 6.54 Å². The maximum absolute atomic E-state index is 6.25. The molecule has 3 nitrogen and oxygen atoms in total. The van der Waals surface area contributed by atoms with E-state index in [2.05, 4.69) is 44.2 Å². The molecule has 2 aromatic rings. The van der Waals surface area contributed by atoms with Gasteiger partial charge in [-0.1, -0.05) is 63.9 Å². The topological polar surface area (TPSA) is 20.0 Å². The van der Waals surface area contributed by atoms with Crippen molar-refractivity contribution in [1.82, 2.24) is 5.01 Å². The van der Waals surface area contributed by atoms with E-state index in [1.54, 1.807) is 4.90 Å². The summed E-state index contributed by atoms with van der Waals surface area (Å²) in [6.07, 6.45) is 1.93. The van der Waals surface area contributed by atoms with E-state index < -0.39 is 0 Å². The first-order chi connectivity index (χ1) is 11.2. The summed E-state index contributed by atoms with van der Waals surface area (Å²) in [5.74, 6) is 0. The van der Waals surface area contributed by atoms with Crippen LogP contribution in [0.25, 0.3) is 0 Å². The van der Waals surface area contributed by atoms with Crippen molar-refractivity contribution in [3.05, 3.63) is 69.2 Å². The second-order valence-corrected chi connectivity index (χ2v) is 7.00. The molecule has 1 aliphatic rings. The number of halogens is 2. The summed E-state index contributed by atoms with van der Waals surface area (Å²) in [6, 6.07) is 16.3. The van der Waals surface area contributed by atoms with Gasteiger partial charge in [0.15, 0.2) is 0 Å². The van der Waals surface area contributed by atoms with E-state index in [0.29, 0.717) is 0 Å². The lowest BCUT2D eigenvalue weighted by atomic mass is 10.2. The zero-order chi connectivity index (χ0) is 16.1. The number of quaternary nitrogens is 1. The monoisotopic (exact) mass is 392 g/mol. The second-order valence-electron chi connectivity index (χ2n) is 5.74. The highest BCUT2D eigenvalue weighted by Gasteiger charge is 2.19. The predicted molar refractivity (Wildman–Crippen MR) is 99.2 cm³/mol. The van der Waals surface area contributed by atoms with Crippen LogP contribution in [0.2, 0.25) is 5.02 Å². The minimum absolute atomic E-state index is 0.870. The third-order valence-electron chi connectivity index (χ3n) is 4.11. The van der Waals surface area contributed by atoms with Gasteiger partial charge in [-0.25, -0.2) is 0 Å². The molecule has 1 fully saturated rings. The van der Waals surface area contributed by atoms with Gasteiger partial charge in [0.05, 0.1) is 32.4 Å². The number of benzene rings is 2. The zero-order valence-electron chi connectivity index (χ0n) is 12.9. The molecule has 3 rings (SSSR count). The third kappa shape index (κ3) is 4.56. The van der Waals surface area contributed by atoms with Crippen molar-refractivity contribution < 1.29 is 4.90 Å². The summed E-state index contributed by atoms with van der Waals surface area (Å²) in [4.78, 5) is 1.56. The van der Waals surface area contributed by atoms with Crippen molar-refractivity contribution in [3.8, 4) is 0 Å². The van der Waals surface area contributed by atoms with Crippen LogP contribution in [0.5, 0.6) is 0 Å². The lowest BCUT2D eigenvalue weighted by Crippen LogP contribution is -3.13. The molecule has 0 unspecified atom stereocenters. The summed E-state index contributed by atoms with van der Waals surface area (Å²) < 4.78 is 1.08. The molecule has 0 bridgehead atoms. The van der Waals surface area contributed by atoms with E-state index in [1.807, 2.05) is 36.5 Å². The molecule has 2 aromatic carbocycles. The van der Waals surface area contributed by atoms with Crippen LogP contribution >= 0.6 is 27.5 Å². The number of hydrogen-bond donors (Lipinski definition) is 1. The molecule has 0 aromatic heterocycles. The van der Waals surface area contributed by atoms with Crippen LogP contribution in [0, 0.1) is 0 Å². The fraction of sp³-hybridized carbons (Fsp3) is 0.278. The van der Waals surface area contributed by atoms with E-state index >= 15 is 0 Å². The highest BCUT2D eigenvalue weighted by molar-refractivity contribution is 9.10. The molecule has 0 atom stereocenters. The van der Waals surface area contributed by atoms with E-state index in [0.717, 1.165) is 47.8 Å². The zero-order valence-corrected chi connectivity index (χ0v) is 15.2. The predicted octanol–water partition coefficient (Wildman–Crippen LogP) is 2.84. The van der Waals surface area contributed by atoms with Gasteiger partial charge < -0.3 is 4.90 Å². The van der Waals surface area contributed by atoms with Crippen LogP contribution < -0.4 is 4.90 Å². The van der Waals surface area contributed by atoms with Crippen molar-refractivity contribution in [3.63, 3.8) is 0 Å². The summed E-state index contributed by atoms with van der Waals surface area (Å²) in [6.45, 7) is 5.10. The SMILES string of the molecule is Clc1ccccc1C[NH+]1CCN(/N=C\c2ccccc2Br)CC1. The lowest BCUT2D eigenvalue weighted by molar-refractivity contribution is -0.918. The van der Waals surface area contributed by atoms with Crippen LogP contribution in [0.4, 0.5) is 0 Å². The number of nitrogens with zero attached hydrogens (tertiary/aromatic N) is 2. The van der Waals surface area contributed by atoms with Gasteiger partial charge in [0.2, 0.25) is 0 Å². The smallest absolute Gasteiger partial charge is 0.104 e. The molecule has 0 aliphatic carbocycles. The lowest BCUT2D eigenvalue weighted by Gasteiger charge is -2.30. The fourth-order valence-corrected chi connectivity index (χ4v) is 3.33. The van der Waals surface area contributed by atoms with Gasteiger partial charge in [-0.3, -0.25) is 5.01 Å². The molecule has 0 radical (unpaired) electrons. The second kappa shape index (κ2) is 7.95. The quantitative estimate of drug-likeness (QED) is 0.792. The first-order valence-corrected chi connectivity index (χ1v) is 9.00. The highest BCUT2D eigenvalue weighted by Crippen LogP contribution is 2.14. The first-order valence-electron chi connectivity index (χ1n) is 7.83. The molecule has 1 N–H and O–H groups in total. The molecular formula is C18H20BrClN3+. The first kappa shape index (κ1) is 16.5. The van der Waals surface area contributed by atoms with Crippen LogP contribution in [-0.4, -0.2) is 37.4 Å². The maximum atomic E-state index is 6.25. The number of hydrazone groups is 1. The Morgan fingerprint density at radius 3 is 2.52 bits per heavy atom. The van der Waals surface area contributed by atoms with Gasteiger partial charge in [-0.05, 0) is 12.1 Å². The minimum atomic E-state index is 0.870. The maximum Gasteiger partial charge on any atom is 0.104 e. The summed E-state index contributed by atoms with van der Waals surface area (Å²) in [7, 11) is 0. The number of piperazine rings is 1. The van der Waals surface area contributed by atoms with Crippen molar-refractivity contribution in [2.75, 3.05) is 26.2 Å². The highest BCUT2D eigenvalue weighted by atomic mass is 79.9. The number of hydrogen-bond acceptors (Lipinski definition) is 2. The van der Waals surface area contributed by atoms with Crippen molar-refractivity contribution in [2.24, 2.45) is 5.10 Å². The van der Waals surface area contributed by atoms with E-state index in [1.165, 1.54) is 5.56 Å². The van der Waals surface area contributed by atoms with Crippen LogP contribution in [0.3, 0.4) is 0 Å². The molecule has 0 spiro atoms. The van der Waals surface area contributed by atoms with Crippen LogP contribution in [0.1, 0.15) is 11.1 Å². The number of rotatable bonds is 4. The Hall–Kier alpha value is -1.36.